The third-order valence-corrected chi connectivity index (χ3v) is 2.85. The van der Waals surface area contributed by atoms with E-state index in [2.05, 4.69) is 10.1 Å². The summed E-state index contributed by atoms with van der Waals surface area (Å²) in [5.41, 5.74) is 0.552. The fourth-order valence-corrected chi connectivity index (χ4v) is 1.74. The summed E-state index contributed by atoms with van der Waals surface area (Å²) >= 11 is 5.87. The van der Waals surface area contributed by atoms with Gasteiger partial charge in [-0.1, -0.05) is 11.6 Å². The number of hydrogen-bond acceptors (Lipinski definition) is 5. The van der Waals surface area contributed by atoms with E-state index in [1.54, 1.807) is 13.0 Å². The Bertz CT molecular complexity index is 544. The molecule has 1 amide bonds. The molecule has 0 aliphatic carbocycles. The van der Waals surface area contributed by atoms with Crippen molar-refractivity contribution in [2.24, 2.45) is 0 Å². The van der Waals surface area contributed by atoms with Crippen molar-refractivity contribution in [1.82, 2.24) is 0 Å². The molecule has 6 nitrogen and oxygen atoms in total. The number of methoxy groups -OCH3 is 1. The fraction of sp³-hybridized carbons (Fsp3) is 0.357. The van der Waals surface area contributed by atoms with Crippen LogP contribution in [-0.4, -0.2) is 31.6 Å². The second-order valence-corrected chi connectivity index (χ2v) is 4.45. The minimum absolute atomic E-state index is 0.00286. The van der Waals surface area contributed by atoms with Crippen molar-refractivity contribution in [1.29, 1.82) is 0 Å². The summed E-state index contributed by atoms with van der Waals surface area (Å²) in [6.45, 7) is 1.97. The van der Waals surface area contributed by atoms with Crippen molar-refractivity contribution in [2.75, 3.05) is 19.0 Å². The molecule has 0 saturated heterocycles. The van der Waals surface area contributed by atoms with Crippen molar-refractivity contribution in [3.63, 3.8) is 0 Å². The maximum atomic E-state index is 11.7. The molecule has 1 N–H and O–H groups in total. The summed E-state index contributed by atoms with van der Waals surface area (Å²) in [7, 11) is 1.24. The second kappa shape index (κ2) is 8.26. The Kier molecular flexibility index (Phi) is 6.68. The Morgan fingerprint density at radius 3 is 2.57 bits per heavy atom. The molecule has 0 radical (unpaired) electrons. The van der Waals surface area contributed by atoms with Gasteiger partial charge < -0.3 is 14.8 Å². The number of esters is 2. The lowest BCUT2D eigenvalue weighted by atomic mass is 10.2. The average Bonchev–Trinajstić information content (AvgIpc) is 2.46. The predicted molar refractivity (Wildman–Crippen MR) is 77.3 cm³/mol. The van der Waals surface area contributed by atoms with Crippen LogP contribution in [0.3, 0.4) is 0 Å². The first-order valence-electron chi connectivity index (χ1n) is 6.31. The van der Waals surface area contributed by atoms with Gasteiger partial charge >= 0.3 is 11.9 Å². The highest BCUT2D eigenvalue weighted by molar-refractivity contribution is 6.33. The van der Waals surface area contributed by atoms with Gasteiger partial charge in [-0.15, -0.1) is 0 Å². The van der Waals surface area contributed by atoms with Crippen molar-refractivity contribution < 1.29 is 23.9 Å². The van der Waals surface area contributed by atoms with Gasteiger partial charge in [0.15, 0.2) is 0 Å². The van der Waals surface area contributed by atoms with Gasteiger partial charge in [-0.3, -0.25) is 9.59 Å². The molecule has 1 aromatic carbocycles. The molecule has 0 fully saturated rings. The zero-order valence-electron chi connectivity index (χ0n) is 11.8. The van der Waals surface area contributed by atoms with E-state index in [9.17, 15) is 14.4 Å². The maximum absolute atomic E-state index is 11.7. The van der Waals surface area contributed by atoms with E-state index in [4.69, 9.17) is 16.3 Å². The largest absolute Gasteiger partial charge is 0.466 e. The molecule has 0 atom stereocenters. The Morgan fingerprint density at radius 1 is 1.24 bits per heavy atom. The molecule has 0 aliphatic rings. The zero-order chi connectivity index (χ0) is 15.8. The molecule has 0 heterocycles. The first-order valence-corrected chi connectivity index (χ1v) is 6.69. The third kappa shape index (κ3) is 5.43. The van der Waals surface area contributed by atoms with Gasteiger partial charge in [0.25, 0.3) is 0 Å². The summed E-state index contributed by atoms with van der Waals surface area (Å²) in [4.78, 5) is 34.3. The summed E-state index contributed by atoms with van der Waals surface area (Å²) < 4.78 is 9.31. The van der Waals surface area contributed by atoms with Gasteiger partial charge in [-0.25, -0.2) is 4.79 Å². The molecule has 0 saturated carbocycles. The van der Waals surface area contributed by atoms with E-state index in [0.29, 0.717) is 5.69 Å². The predicted octanol–water partition coefficient (Wildman–Crippen LogP) is 2.41. The van der Waals surface area contributed by atoms with Gasteiger partial charge in [-0.2, -0.15) is 0 Å². The Hall–Kier alpha value is -2.08. The Morgan fingerprint density at radius 2 is 1.95 bits per heavy atom. The topological polar surface area (TPSA) is 81.7 Å². The molecular weight excluding hydrogens is 298 g/mol. The molecule has 0 unspecified atom stereocenters. The van der Waals surface area contributed by atoms with Crippen molar-refractivity contribution >= 4 is 35.1 Å². The Balaban J connectivity index is 2.64. The van der Waals surface area contributed by atoms with Crippen LogP contribution in [0.1, 0.15) is 30.1 Å². The van der Waals surface area contributed by atoms with Crippen LogP contribution in [0.4, 0.5) is 5.69 Å². The summed E-state index contributed by atoms with van der Waals surface area (Å²) in [6.07, 6.45) is -0.00780. The molecule has 0 bridgehead atoms. The van der Waals surface area contributed by atoms with E-state index < -0.39 is 11.9 Å². The van der Waals surface area contributed by atoms with Crippen LogP contribution < -0.4 is 5.32 Å². The van der Waals surface area contributed by atoms with Gasteiger partial charge in [0.2, 0.25) is 5.91 Å². The molecule has 1 aromatic rings. The minimum Gasteiger partial charge on any atom is -0.466 e. The summed E-state index contributed by atoms with van der Waals surface area (Å²) in [6, 6.07) is 4.45. The summed E-state index contributed by atoms with van der Waals surface area (Å²) in [5, 5.41) is 2.80. The number of carbonyl (C=O) groups excluding carboxylic acids is 3. The highest BCUT2D eigenvalue weighted by Gasteiger charge is 2.13. The Labute approximate surface area is 127 Å². The minimum atomic E-state index is -0.595. The number of amides is 1. The van der Waals surface area contributed by atoms with Crippen molar-refractivity contribution in [2.45, 2.75) is 19.8 Å². The van der Waals surface area contributed by atoms with Crippen LogP contribution in [0.25, 0.3) is 0 Å². The molecular formula is C14H16ClNO5. The first-order chi connectivity index (χ1) is 9.97. The number of rotatable bonds is 6. The number of halogens is 1. The summed E-state index contributed by atoms with van der Waals surface area (Å²) in [5.74, 6) is -1.39. The fourth-order valence-electron chi connectivity index (χ4n) is 1.54. The quantitative estimate of drug-likeness (QED) is 0.816. The molecule has 114 valence electrons. The number of nitrogens with one attached hydrogen (secondary N) is 1. The van der Waals surface area contributed by atoms with Gasteiger partial charge in [0.05, 0.1) is 30.7 Å². The first kappa shape index (κ1) is 17.0. The molecule has 0 spiro atoms. The standard InChI is InChI=1S/C14H16ClNO5/c1-3-21-13(18)7-6-12(17)16-9-4-5-11(15)10(8-9)14(19)20-2/h4-5,8H,3,6-7H2,1-2H3,(H,16,17). The van der Waals surface area contributed by atoms with E-state index >= 15 is 0 Å². The van der Waals surface area contributed by atoms with E-state index in [1.807, 2.05) is 0 Å². The molecule has 7 heteroatoms. The number of hydrogen-bond donors (Lipinski definition) is 1. The second-order valence-electron chi connectivity index (χ2n) is 4.04. The van der Waals surface area contributed by atoms with Crippen molar-refractivity contribution in [3.05, 3.63) is 28.8 Å². The monoisotopic (exact) mass is 313 g/mol. The smallest absolute Gasteiger partial charge is 0.339 e. The van der Waals surface area contributed by atoms with Gasteiger partial charge in [0.1, 0.15) is 0 Å². The number of anilines is 1. The highest BCUT2D eigenvalue weighted by Crippen LogP contribution is 2.21. The maximum Gasteiger partial charge on any atom is 0.339 e. The van der Waals surface area contributed by atoms with Crippen LogP contribution in [-0.2, 0) is 19.1 Å². The number of carbonyl (C=O) groups is 3. The van der Waals surface area contributed by atoms with Crippen LogP contribution in [0.5, 0.6) is 0 Å². The van der Waals surface area contributed by atoms with Gasteiger partial charge in [-0.05, 0) is 25.1 Å². The van der Waals surface area contributed by atoms with E-state index in [-0.39, 0.29) is 35.9 Å². The van der Waals surface area contributed by atoms with Crippen LogP contribution >= 0.6 is 11.6 Å². The lowest BCUT2D eigenvalue weighted by Gasteiger charge is -2.08. The van der Waals surface area contributed by atoms with E-state index in [0.717, 1.165) is 0 Å². The lowest BCUT2D eigenvalue weighted by Crippen LogP contribution is -2.15. The third-order valence-electron chi connectivity index (χ3n) is 2.52. The number of ether oxygens (including phenoxy) is 2. The van der Waals surface area contributed by atoms with Crippen LogP contribution in [0, 0.1) is 0 Å². The van der Waals surface area contributed by atoms with Crippen LogP contribution in [0.2, 0.25) is 5.02 Å². The highest BCUT2D eigenvalue weighted by atomic mass is 35.5. The zero-order valence-corrected chi connectivity index (χ0v) is 12.5. The van der Waals surface area contributed by atoms with E-state index in [1.165, 1.54) is 19.2 Å². The SMILES string of the molecule is CCOC(=O)CCC(=O)Nc1ccc(Cl)c(C(=O)OC)c1. The average molecular weight is 314 g/mol. The van der Waals surface area contributed by atoms with Crippen LogP contribution in [0.15, 0.2) is 18.2 Å². The molecule has 21 heavy (non-hydrogen) atoms. The van der Waals surface area contributed by atoms with Crippen molar-refractivity contribution in [3.8, 4) is 0 Å². The normalized spacial score (nSPS) is 9.86. The molecule has 1 rings (SSSR count). The number of benzene rings is 1. The molecule has 0 aliphatic heterocycles. The van der Waals surface area contributed by atoms with Gasteiger partial charge in [0, 0.05) is 12.1 Å². The lowest BCUT2D eigenvalue weighted by molar-refractivity contribution is -0.144. The molecule has 0 aromatic heterocycles.